The number of sulfonamides is 1. The van der Waals surface area contributed by atoms with Crippen LogP contribution in [0.15, 0.2) is 108 Å². The molecule has 10 heteroatoms. The molecule has 0 spiro atoms. The summed E-state index contributed by atoms with van der Waals surface area (Å²) in [5.74, 6) is -0.908. The van der Waals surface area contributed by atoms with Crippen molar-refractivity contribution in [2.75, 3.05) is 17.4 Å². The van der Waals surface area contributed by atoms with Crippen LogP contribution in [0.5, 0.6) is 0 Å². The summed E-state index contributed by atoms with van der Waals surface area (Å²) in [5.41, 5.74) is 2.53. The molecule has 7 nitrogen and oxygen atoms in total. The fourth-order valence-corrected chi connectivity index (χ4v) is 6.58. The lowest BCUT2D eigenvalue weighted by molar-refractivity contribution is -0.140. The standard InChI is InChI=1S/C33H33Cl2N3O4S/c1-3-36-33(40)31(21-25-13-6-4-7-14-25)37(22-26-18-19-28(34)29(35)20-26)32(39)23-38(30-17-11-10-12-24(30)2)43(41,42)27-15-8-5-9-16-27/h4-20,31H,3,21-23H2,1-2H3,(H,36,40). The summed E-state index contributed by atoms with van der Waals surface area (Å²) in [6.45, 7) is 3.41. The topological polar surface area (TPSA) is 86.8 Å². The molecule has 0 aromatic heterocycles. The highest BCUT2D eigenvalue weighted by atomic mass is 35.5. The van der Waals surface area contributed by atoms with Crippen molar-refractivity contribution in [3.8, 4) is 0 Å². The van der Waals surface area contributed by atoms with Gasteiger partial charge in [-0.25, -0.2) is 8.42 Å². The molecule has 224 valence electrons. The Morgan fingerprint density at radius 3 is 2.07 bits per heavy atom. The Morgan fingerprint density at radius 2 is 1.44 bits per heavy atom. The third-order valence-corrected chi connectivity index (χ3v) is 9.47. The van der Waals surface area contributed by atoms with E-state index in [0.29, 0.717) is 33.4 Å². The maximum absolute atomic E-state index is 14.4. The fourth-order valence-electron chi connectivity index (χ4n) is 4.76. The number of para-hydroxylation sites is 1. The SMILES string of the molecule is CCNC(=O)C(Cc1ccccc1)N(Cc1ccc(Cl)c(Cl)c1)C(=O)CN(c1ccccc1C)S(=O)(=O)c1ccccc1. The minimum absolute atomic E-state index is 0.00263. The number of anilines is 1. The smallest absolute Gasteiger partial charge is 0.264 e. The highest BCUT2D eigenvalue weighted by Gasteiger charge is 2.35. The van der Waals surface area contributed by atoms with Gasteiger partial charge in [-0.15, -0.1) is 0 Å². The number of nitrogens with one attached hydrogen (secondary N) is 1. The molecule has 1 unspecified atom stereocenters. The van der Waals surface area contributed by atoms with Crippen molar-refractivity contribution in [2.45, 2.75) is 37.8 Å². The van der Waals surface area contributed by atoms with Gasteiger partial charge in [0.1, 0.15) is 12.6 Å². The van der Waals surface area contributed by atoms with E-state index in [0.717, 1.165) is 9.87 Å². The minimum atomic E-state index is -4.16. The second-order valence-corrected chi connectivity index (χ2v) is 12.7. The van der Waals surface area contributed by atoms with E-state index in [1.54, 1.807) is 74.5 Å². The van der Waals surface area contributed by atoms with Crippen molar-refractivity contribution < 1.29 is 18.0 Å². The summed E-state index contributed by atoms with van der Waals surface area (Å²) in [5, 5.41) is 3.50. The summed E-state index contributed by atoms with van der Waals surface area (Å²) in [7, 11) is -4.16. The minimum Gasteiger partial charge on any atom is -0.355 e. The Labute approximate surface area is 263 Å². The zero-order chi connectivity index (χ0) is 31.0. The second-order valence-electron chi connectivity index (χ2n) is 9.98. The molecule has 1 N–H and O–H groups in total. The van der Waals surface area contributed by atoms with Crippen LogP contribution in [0.4, 0.5) is 5.69 Å². The van der Waals surface area contributed by atoms with Crippen molar-refractivity contribution >= 4 is 50.7 Å². The van der Waals surface area contributed by atoms with Crippen LogP contribution in [0.3, 0.4) is 0 Å². The van der Waals surface area contributed by atoms with Crippen LogP contribution < -0.4 is 9.62 Å². The number of amides is 2. The third kappa shape index (κ3) is 7.96. The highest BCUT2D eigenvalue weighted by molar-refractivity contribution is 7.92. The van der Waals surface area contributed by atoms with E-state index in [9.17, 15) is 18.0 Å². The summed E-state index contributed by atoms with van der Waals surface area (Å²) in [6.07, 6.45) is 0.218. The van der Waals surface area contributed by atoms with Gasteiger partial charge in [0.15, 0.2) is 0 Å². The largest absolute Gasteiger partial charge is 0.355 e. The second kappa shape index (κ2) is 14.6. The number of nitrogens with zero attached hydrogens (tertiary/aromatic N) is 2. The van der Waals surface area contributed by atoms with E-state index in [-0.39, 0.29) is 23.8 Å². The lowest BCUT2D eigenvalue weighted by Crippen LogP contribution is -2.53. The van der Waals surface area contributed by atoms with E-state index >= 15 is 0 Å². The van der Waals surface area contributed by atoms with Crippen molar-refractivity contribution in [1.29, 1.82) is 0 Å². The molecule has 0 saturated heterocycles. The molecule has 0 aliphatic heterocycles. The molecule has 4 rings (SSSR count). The first-order valence-electron chi connectivity index (χ1n) is 13.8. The molecule has 4 aromatic rings. The predicted molar refractivity (Wildman–Crippen MR) is 172 cm³/mol. The number of hydrogen-bond acceptors (Lipinski definition) is 4. The highest BCUT2D eigenvalue weighted by Crippen LogP contribution is 2.28. The quantitative estimate of drug-likeness (QED) is 0.198. The van der Waals surface area contributed by atoms with Gasteiger partial charge >= 0.3 is 0 Å². The van der Waals surface area contributed by atoms with Crippen LogP contribution in [-0.2, 0) is 32.6 Å². The number of hydrogen-bond donors (Lipinski definition) is 1. The van der Waals surface area contributed by atoms with Gasteiger partial charge in [-0.2, -0.15) is 0 Å². The molecule has 43 heavy (non-hydrogen) atoms. The summed E-state index contributed by atoms with van der Waals surface area (Å²) < 4.78 is 29.2. The molecule has 0 radical (unpaired) electrons. The number of rotatable bonds is 12. The zero-order valence-electron chi connectivity index (χ0n) is 23.9. The van der Waals surface area contributed by atoms with Crippen LogP contribution in [0, 0.1) is 6.92 Å². The molecule has 0 bridgehead atoms. The van der Waals surface area contributed by atoms with E-state index in [1.807, 2.05) is 30.3 Å². The zero-order valence-corrected chi connectivity index (χ0v) is 26.2. The molecule has 2 amide bonds. The van der Waals surface area contributed by atoms with Gasteiger partial charge in [-0.05, 0) is 60.9 Å². The average Bonchev–Trinajstić information content (AvgIpc) is 3.00. The third-order valence-electron chi connectivity index (χ3n) is 6.95. The lowest BCUT2D eigenvalue weighted by atomic mass is 10.0. The van der Waals surface area contributed by atoms with E-state index in [1.165, 1.54) is 17.0 Å². The number of benzene rings is 4. The van der Waals surface area contributed by atoms with Crippen molar-refractivity contribution in [3.63, 3.8) is 0 Å². The van der Waals surface area contributed by atoms with Gasteiger partial charge in [0.2, 0.25) is 11.8 Å². The van der Waals surface area contributed by atoms with Gasteiger partial charge in [0.05, 0.1) is 20.6 Å². The summed E-state index contributed by atoms with van der Waals surface area (Å²) in [6, 6.07) is 28.4. The van der Waals surface area contributed by atoms with Crippen LogP contribution in [0.1, 0.15) is 23.6 Å². The molecule has 1 atom stereocenters. The van der Waals surface area contributed by atoms with E-state index in [4.69, 9.17) is 23.2 Å². The Bertz CT molecular complexity index is 1670. The fraction of sp³-hybridized carbons (Fsp3) is 0.212. The van der Waals surface area contributed by atoms with Gasteiger partial charge < -0.3 is 10.2 Å². The maximum Gasteiger partial charge on any atom is 0.264 e. The normalized spacial score (nSPS) is 11.9. The van der Waals surface area contributed by atoms with Crippen LogP contribution in [-0.4, -0.2) is 44.3 Å². The number of carbonyl (C=O) groups excluding carboxylic acids is 2. The molecule has 0 saturated carbocycles. The van der Waals surface area contributed by atoms with Crippen LogP contribution in [0.2, 0.25) is 10.0 Å². The Balaban J connectivity index is 1.81. The van der Waals surface area contributed by atoms with Gasteiger partial charge in [0.25, 0.3) is 10.0 Å². The molecule has 0 fully saturated rings. The first kappa shape index (κ1) is 32.1. The van der Waals surface area contributed by atoms with Gasteiger partial charge in [0, 0.05) is 19.5 Å². The summed E-state index contributed by atoms with van der Waals surface area (Å²) >= 11 is 12.5. The molecular weight excluding hydrogens is 605 g/mol. The molecule has 4 aromatic carbocycles. The Morgan fingerprint density at radius 1 is 0.814 bits per heavy atom. The molecule has 0 heterocycles. The van der Waals surface area contributed by atoms with Crippen LogP contribution in [0.25, 0.3) is 0 Å². The number of halogens is 2. The van der Waals surface area contributed by atoms with E-state index in [2.05, 4.69) is 5.32 Å². The number of likely N-dealkylation sites (N-methyl/N-ethyl adjacent to an activating group) is 1. The molecule has 0 aliphatic rings. The van der Waals surface area contributed by atoms with Crippen LogP contribution >= 0.6 is 23.2 Å². The van der Waals surface area contributed by atoms with Crippen molar-refractivity contribution in [1.82, 2.24) is 10.2 Å². The average molecular weight is 639 g/mol. The first-order chi connectivity index (χ1) is 20.6. The van der Waals surface area contributed by atoms with Crippen molar-refractivity contribution in [2.24, 2.45) is 0 Å². The molecular formula is C33H33Cl2N3O4S. The molecule has 0 aliphatic carbocycles. The van der Waals surface area contributed by atoms with Crippen molar-refractivity contribution in [3.05, 3.63) is 130 Å². The number of aryl methyl sites for hydroxylation is 1. The first-order valence-corrected chi connectivity index (χ1v) is 16.0. The lowest BCUT2D eigenvalue weighted by Gasteiger charge is -2.34. The number of carbonyl (C=O) groups is 2. The predicted octanol–water partition coefficient (Wildman–Crippen LogP) is 6.27. The monoisotopic (exact) mass is 637 g/mol. The van der Waals surface area contributed by atoms with Gasteiger partial charge in [-0.3, -0.25) is 13.9 Å². The summed E-state index contributed by atoms with van der Waals surface area (Å²) in [4.78, 5) is 29.4. The Hall–Kier alpha value is -3.85. The Kier molecular flexibility index (Phi) is 10.9. The maximum atomic E-state index is 14.4. The van der Waals surface area contributed by atoms with Gasteiger partial charge in [-0.1, -0.05) is 96.0 Å². The van der Waals surface area contributed by atoms with E-state index < -0.39 is 28.5 Å².